The molecule has 190 valence electrons. The van der Waals surface area contributed by atoms with Crippen LogP contribution in [0.1, 0.15) is 65.2 Å². The number of amides is 2. The lowest BCUT2D eigenvalue weighted by Gasteiger charge is -2.34. The van der Waals surface area contributed by atoms with Crippen LogP contribution in [0.4, 0.5) is 0 Å². The summed E-state index contributed by atoms with van der Waals surface area (Å²) < 4.78 is 5.13. The van der Waals surface area contributed by atoms with E-state index < -0.39 is 5.97 Å². The van der Waals surface area contributed by atoms with Gasteiger partial charge in [0.25, 0.3) is 5.91 Å². The van der Waals surface area contributed by atoms with Crippen LogP contribution >= 0.6 is 0 Å². The van der Waals surface area contributed by atoms with Gasteiger partial charge in [0.05, 0.1) is 18.1 Å². The average Bonchev–Trinajstić information content (AvgIpc) is 3.15. The van der Waals surface area contributed by atoms with Crippen molar-refractivity contribution in [2.45, 2.75) is 47.0 Å². The van der Waals surface area contributed by atoms with Gasteiger partial charge in [0, 0.05) is 51.5 Å². The molecule has 2 aliphatic heterocycles. The van der Waals surface area contributed by atoms with Crippen LogP contribution in [0.15, 0.2) is 0 Å². The van der Waals surface area contributed by atoms with E-state index in [0.29, 0.717) is 42.1 Å². The minimum atomic E-state index is -0.420. The molecule has 0 bridgehead atoms. The van der Waals surface area contributed by atoms with Crippen molar-refractivity contribution in [3.63, 3.8) is 0 Å². The van der Waals surface area contributed by atoms with Gasteiger partial charge in [0.15, 0.2) is 0 Å². The highest BCUT2D eigenvalue weighted by Gasteiger charge is 2.31. The van der Waals surface area contributed by atoms with Crippen LogP contribution in [0.3, 0.4) is 0 Å². The Labute approximate surface area is 203 Å². The van der Waals surface area contributed by atoms with Gasteiger partial charge in [-0.05, 0) is 58.7 Å². The molecule has 2 fully saturated rings. The number of carbonyl (C=O) groups excluding carboxylic acids is 3. The molecular weight excluding hydrogens is 434 g/mol. The Morgan fingerprint density at radius 1 is 1.06 bits per heavy atom. The van der Waals surface area contributed by atoms with E-state index in [1.165, 1.54) is 0 Å². The van der Waals surface area contributed by atoms with Crippen LogP contribution in [0, 0.1) is 19.8 Å². The maximum Gasteiger partial charge on any atom is 0.340 e. The van der Waals surface area contributed by atoms with Crippen molar-refractivity contribution >= 4 is 17.8 Å². The number of aromatic nitrogens is 1. The Morgan fingerprint density at radius 3 is 2.44 bits per heavy atom. The number of likely N-dealkylation sites (tertiary alicyclic amines) is 1. The van der Waals surface area contributed by atoms with Crippen molar-refractivity contribution in [2.75, 3.05) is 65.5 Å². The van der Waals surface area contributed by atoms with Crippen LogP contribution in [-0.4, -0.2) is 103 Å². The lowest BCUT2D eigenvalue weighted by atomic mass is 9.96. The highest BCUT2D eigenvalue weighted by Crippen LogP contribution is 2.23. The second-order valence-corrected chi connectivity index (χ2v) is 9.36. The molecule has 2 saturated heterocycles. The number of esters is 1. The number of H-pyrrole nitrogens is 1. The first-order chi connectivity index (χ1) is 16.3. The molecule has 2 aliphatic rings. The Balaban J connectivity index is 1.48. The van der Waals surface area contributed by atoms with Gasteiger partial charge in [0.2, 0.25) is 5.91 Å². The Bertz CT molecular complexity index is 860. The van der Waals surface area contributed by atoms with Gasteiger partial charge < -0.3 is 29.7 Å². The van der Waals surface area contributed by atoms with Crippen molar-refractivity contribution in [2.24, 2.45) is 5.92 Å². The number of nitrogens with zero attached hydrogens (tertiary/aromatic N) is 3. The topological polar surface area (TPSA) is 98.0 Å². The second kappa shape index (κ2) is 12.4. The first-order valence-electron chi connectivity index (χ1n) is 12.7. The van der Waals surface area contributed by atoms with Gasteiger partial charge in [-0.3, -0.25) is 9.59 Å². The molecule has 0 radical (unpaired) electrons. The number of aryl methyl sites for hydroxylation is 1. The summed E-state index contributed by atoms with van der Waals surface area (Å²) in [5.41, 5.74) is 2.06. The van der Waals surface area contributed by atoms with Crippen LogP contribution in [-0.2, 0) is 9.53 Å². The van der Waals surface area contributed by atoms with E-state index >= 15 is 0 Å². The van der Waals surface area contributed by atoms with Gasteiger partial charge in [-0.1, -0.05) is 6.92 Å². The summed E-state index contributed by atoms with van der Waals surface area (Å²) in [6, 6.07) is 0. The molecule has 2 N–H and O–H groups in total. The SMILES string of the molecule is CCOC(=O)c1c(C)[nH]c(C(=O)N2CCC[C@H](C(=O)NCCCN3CCN(CC)CC3)C2)c1C. The minimum Gasteiger partial charge on any atom is -0.462 e. The lowest BCUT2D eigenvalue weighted by Crippen LogP contribution is -2.47. The fourth-order valence-corrected chi connectivity index (χ4v) is 4.99. The number of aromatic amines is 1. The largest absolute Gasteiger partial charge is 0.462 e. The number of hydrogen-bond acceptors (Lipinski definition) is 6. The van der Waals surface area contributed by atoms with E-state index in [0.717, 1.165) is 58.5 Å². The molecule has 34 heavy (non-hydrogen) atoms. The number of likely N-dealkylation sites (N-methyl/N-ethyl adjacent to an activating group) is 1. The van der Waals surface area contributed by atoms with Crippen LogP contribution in [0.25, 0.3) is 0 Å². The third-order valence-electron chi connectivity index (χ3n) is 7.07. The van der Waals surface area contributed by atoms with Crippen molar-refractivity contribution in [3.05, 3.63) is 22.5 Å². The summed E-state index contributed by atoms with van der Waals surface area (Å²) in [6.07, 6.45) is 2.51. The molecule has 1 aromatic heterocycles. The van der Waals surface area contributed by atoms with Crippen molar-refractivity contribution < 1.29 is 19.1 Å². The zero-order chi connectivity index (χ0) is 24.7. The molecule has 2 amide bonds. The van der Waals surface area contributed by atoms with Gasteiger partial charge in [-0.25, -0.2) is 4.79 Å². The van der Waals surface area contributed by atoms with E-state index in [1.54, 1.807) is 25.7 Å². The van der Waals surface area contributed by atoms with E-state index in [-0.39, 0.29) is 24.3 Å². The number of carbonyl (C=O) groups is 3. The first kappa shape index (κ1) is 26.2. The Hall–Kier alpha value is -2.39. The number of piperazine rings is 1. The van der Waals surface area contributed by atoms with Gasteiger partial charge in [-0.2, -0.15) is 0 Å². The van der Waals surface area contributed by atoms with Crippen LogP contribution in [0.5, 0.6) is 0 Å². The predicted octanol–water partition coefficient (Wildman–Crippen LogP) is 1.80. The van der Waals surface area contributed by atoms with E-state index in [9.17, 15) is 14.4 Å². The molecule has 3 rings (SSSR count). The zero-order valence-electron chi connectivity index (χ0n) is 21.2. The average molecular weight is 476 g/mol. The van der Waals surface area contributed by atoms with Gasteiger partial charge in [-0.15, -0.1) is 0 Å². The Kier molecular flexibility index (Phi) is 9.53. The highest BCUT2D eigenvalue weighted by atomic mass is 16.5. The minimum absolute atomic E-state index is 0.0277. The fraction of sp³-hybridized carbons (Fsp3) is 0.720. The van der Waals surface area contributed by atoms with Gasteiger partial charge in [0.1, 0.15) is 5.69 Å². The number of ether oxygens (including phenoxy) is 1. The van der Waals surface area contributed by atoms with Crippen LogP contribution in [0.2, 0.25) is 0 Å². The monoisotopic (exact) mass is 475 g/mol. The van der Waals surface area contributed by atoms with E-state index in [1.807, 2.05) is 0 Å². The number of piperidine rings is 1. The van der Waals surface area contributed by atoms with Crippen molar-refractivity contribution in [1.29, 1.82) is 0 Å². The number of rotatable bonds is 9. The highest BCUT2D eigenvalue weighted by molar-refractivity contribution is 6.00. The van der Waals surface area contributed by atoms with Crippen molar-refractivity contribution in [1.82, 2.24) is 25.0 Å². The normalized spacial score (nSPS) is 19.8. The summed E-state index contributed by atoms with van der Waals surface area (Å²) in [7, 11) is 0. The maximum atomic E-state index is 13.2. The molecule has 9 heteroatoms. The lowest BCUT2D eigenvalue weighted by molar-refractivity contribution is -0.126. The molecule has 1 atom stereocenters. The summed E-state index contributed by atoms with van der Waals surface area (Å²) in [6.45, 7) is 16.0. The summed E-state index contributed by atoms with van der Waals surface area (Å²) in [5.74, 6) is -0.762. The third-order valence-corrected chi connectivity index (χ3v) is 7.07. The summed E-state index contributed by atoms with van der Waals surface area (Å²) >= 11 is 0. The molecule has 0 aromatic carbocycles. The van der Waals surface area contributed by atoms with E-state index in [4.69, 9.17) is 4.74 Å². The second-order valence-electron chi connectivity index (χ2n) is 9.36. The van der Waals surface area contributed by atoms with Crippen molar-refractivity contribution in [3.8, 4) is 0 Å². The fourth-order valence-electron chi connectivity index (χ4n) is 4.99. The molecular formula is C25H41N5O4. The number of nitrogens with one attached hydrogen (secondary N) is 2. The summed E-state index contributed by atoms with van der Waals surface area (Å²) in [5, 5.41) is 3.08. The molecule has 0 aliphatic carbocycles. The van der Waals surface area contributed by atoms with Crippen LogP contribution < -0.4 is 5.32 Å². The quantitative estimate of drug-likeness (QED) is 0.418. The molecule has 0 unspecified atom stereocenters. The molecule has 1 aromatic rings. The third kappa shape index (κ3) is 6.39. The molecule has 0 saturated carbocycles. The first-order valence-corrected chi connectivity index (χ1v) is 12.7. The Morgan fingerprint density at radius 2 is 1.76 bits per heavy atom. The standard InChI is InChI=1S/C25H41N5O4/c1-5-28-13-15-29(16-14-28)11-8-10-26-23(31)20-9-7-12-30(17-20)24(32)22-18(3)21(19(4)27-22)25(33)34-6-2/h20,27H,5-17H2,1-4H3,(H,26,31)/t20-/m0/s1. The smallest absolute Gasteiger partial charge is 0.340 e. The number of hydrogen-bond donors (Lipinski definition) is 2. The molecule has 3 heterocycles. The van der Waals surface area contributed by atoms with E-state index in [2.05, 4.69) is 27.0 Å². The van der Waals surface area contributed by atoms with Gasteiger partial charge >= 0.3 is 5.97 Å². The zero-order valence-corrected chi connectivity index (χ0v) is 21.2. The molecule has 9 nitrogen and oxygen atoms in total. The predicted molar refractivity (Wildman–Crippen MR) is 131 cm³/mol. The molecule has 0 spiro atoms. The maximum absolute atomic E-state index is 13.2. The summed E-state index contributed by atoms with van der Waals surface area (Å²) in [4.78, 5) is 48.0.